The van der Waals surface area contributed by atoms with Gasteiger partial charge in [0.25, 0.3) is 0 Å². The molecule has 1 N–H and O–H groups in total. The van der Waals surface area contributed by atoms with E-state index in [9.17, 15) is 4.79 Å². The summed E-state index contributed by atoms with van der Waals surface area (Å²) in [5, 5.41) is 7.30. The lowest BCUT2D eigenvalue weighted by molar-refractivity contribution is -0.126. The Morgan fingerprint density at radius 2 is 2.27 bits per heavy atom. The largest absolute Gasteiger partial charge is 0.465 e. The van der Waals surface area contributed by atoms with Crippen LogP contribution in [0.2, 0.25) is 0 Å². The zero-order chi connectivity index (χ0) is 15.7. The molecule has 2 aromatic heterocycles. The molecule has 0 aliphatic carbocycles. The Labute approximate surface area is 130 Å². The number of aromatic nitrogens is 2. The Balaban J connectivity index is 1.77. The average molecular weight is 302 g/mol. The molecule has 6 nitrogen and oxygen atoms in total. The molecule has 1 aliphatic rings. The van der Waals surface area contributed by atoms with Crippen molar-refractivity contribution in [3.63, 3.8) is 0 Å². The number of hydrogen-bond acceptors (Lipinski definition) is 4. The van der Waals surface area contributed by atoms with Gasteiger partial charge in [-0.15, -0.1) is 0 Å². The number of nitrogens with zero attached hydrogens (tertiary/aromatic N) is 3. The molecule has 0 aromatic carbocycles. The number of nitrogens with one attached hydrogen (secondary N) is 1. The van der Waals surface area contributed by atoms with Crippen molar-refractivity contribution in [2.45, 2.75) is 45.9 Å². The van der Waals surface area contributed by atoms with Gasteiger partial charge in [-0.05, 0) is 39.0 Å². The zero-order valence-electron chi connectivity index (χ0n) is 13.2. The summed E-state index contributed by atoms with van der Waals surface area (Å²) in [6, 6.07) is 5.75. The van der Waals surface area contributed by atoms with E-state index in [0.717, 1.165) is 23.8 Å². The predicted octanol–water partition coefficient (Wildman–Crippen LogP) is 1.87. The minimum Gasteiger partial charge on any atom is -0.465 e. The van der Waals surface area contributed by atoms with E-state index in [1.807, 2.05) is 43.7 Å². The van der Waals surface area contributed by atoms with E-state index in [2.05, 4.69) is 15.3 Å². The first-order valence-corrected chi connectivity index (χ1v) is 7.63. The number of rotatable bonds is 4. The molecule has 6 heteroatoms. The van der Waals surface area contributed by atoms with Crippen molar-refractivity contribution >= 4 is 5.91 Å². The maximum Gasteiger partial charge on any atom is 0.246 e. The molecule has 0 saturated carbocycles. The first-order chi connectivity index (χ1) is 10.5. The van der Waals surface area contributed by atoms with Crippen molar-refractivity contribution in [2.24, 2.45) is 0 Å². The van der Waals surface area contributed by atoms with Crippen molar-refractivity contribution in [1.29, 1.82) is 0 Å². The van der Waals surface area contributed by atoms with Crippen molar-refractivity contribution in [3.05, 3.63) is 41.6 Å². The lowest BCUT2D eigenvalue weighted by atomic mass is 10.1. The van der Waals surface area contributed by atoms with Crippen LogP contribution < -0.4 is 5.32 Å². The molecule has 1 aliphatic heterocycles. The first kappa shape index (κ1) is 14.8. The Kier molecular flexibility index (Phi) is 4.02. The number of fused-ring (bicyclic) bond motifs is 1. The number of aryl methyl sites for hydroxylation is 1. The third kappa shape index (κ3) is 3.06. The van der Waals surface area contributed by atoms with Gasteiger partial charge in [-0.2, -0.15) is 5.10 Å². The van der Waals surface area contributed by atoms with Gasteiger partial charge >= 0.3 is 0 Å². The summed E-state index contributed by atoms with van der Waals surface area (Å²) in [4.78, 5) is 14.7. The van der Waals surface area contributed by atoms with Gasteiger partial charge in [0.2, 0.25) is 5.91 Å². The van der Waals surface area contributed by atoms with Crippen LogP contribution in [0.1, 0.15) is 37.1 Å². The maximum absolute atomic E-state index is 12.4. The van der Waals surface area contributed by atoms with Gasteiger partial charge in [0.05, 0.1) is 12.2 Å². The molecule has 2 aromatic rings. The molecule has 0 spiro atoms. The minimum absolute atomic E-state index is 0.0141. The van der Waals surface area contributed by atoms with E-state index < -0.39 is 0 Å². The number of hydrogen-bond donors (Lipinski definition) is 1. The molecular formula is C16H22N4O2. The van der Waals surface area contributed by atoms with Crippen LogP contribution in [0.3, 0.4) is 0 Å². The number of furan rings is 1. The quantitative estimate of drug-likeness (QED) is 0.936. The fourth-order valence-electron chi connectivity index (χ4n) is 2.85. The summed E-state index contributed by atoms with van der Waals surface area (Å²) in [5.41, 5.74) is 1.05. The molecule has 1 amide bonds. The van der Waals surface area contributed by atoms with Gasteiger partial charge < -0.3 is 9.73 Å². The standard InChI is InChI=1S/C16H22N4O2/c1-11(2)18-16(21)15-10-19(8-13-6-7-17-20(13)15)9-14-5-4-12(3)22-14/h4-7,11,15H,8-10H2,1-3H3,(H,18,21)/t15-/m0/s1. The topological polar surface area (TPSA) is 63.3 Å². The molecule has 0 bridgehead atoms. The van der Waals surface area contributed by atoms with E-state index in [4.69, 9.17) is 4.42 Å². The Bertz CT molecular complexity index is 659. The van der Waals surface area contributed by atoms with E-state index >= 15 is 0 Å². The van der Waals surface area contributed by atoms with Crippen LogP contribution in [0.5, 0.6) is 0 Å². The van der Waals surface area contributed by atoms with E-state index in [0.29, 0.717) is 13.1 Å². The normalized spacial score (nSPS) is 18.5. The number of carbonyl (C=O) groups excluding carboxylic acids is 1. The Morgan fingerprint density at radius 3 is 2.95 bits per heavy atom. The van der Waals surface area contributed by atoms with Crippen LogP contribution in [0.4, 0.5) is 0 Å². The summed E-state index contributed by atoms with van der Waals surface area (Å²) >= 11 is 0. The van der Waals surface area contributed by atoms with Gasteiger partial charge in [0.15, 0.2) is 0 Å². The highest BCUT2D eigenvalue weighted by atomic mass is 16.3. The van der Waals surface area contributed by atoms with Gasteiger partial charge in [0, 0.05) is 25.3 Å². The summed E-state index contributed by atoms with van der Waals surface area (Å²) in [7, 11) is 0. The summed E-state index contributed by atoms with van der Waals surface area (Å²) < 4.78 is 7.49. The Morgan fingerprint density at radius 1 is 1.45 bits per heavy atom. The molecule has 0 saturated heterocycles. The summed E-state index contributed by atoms with van der Waals surface area (Å²) in [6.07, 6.45) is 1.76. The van der Waals surface area contributed by atoms with Crippen LogP contribution in [-0.2, 0) is 17.9 Å². The lowest BCUT2D eigenvalue weighted by Gasteiger charge is -2.33. The van der Waals surface area contributed by atoms with E-state index in [1.165, 1.54) is 0 Å². The van der Waals surface area contributed by atoms with Gasteiger partial charge in [-0.1, -0.05) is 0 Å². The highest BCUT2D eigenvalue weighted by Gasteiger charge is 2.31. The highest BCUT2D eigenvalue weighted by Crippen LogP contribution is 2.22. The fourth-order valence-corrected chi connectivity index (χ4v) is 2.85. The summed E-state index contributed by atoms with van der Waals surface area (Å²) in [5.74, 6) is 1.85. The molecule has 3 rings (SSSR count). The first-order valence-electron chi connectivity index (χ1n) is 7.63. The minimum atomic E-state index is -0.294. The van der Waals surface area contributed by atoms with E-state index in [-0.39, 0.29) is 18.0 Å². The van der Waals surface area contributed by atoms with Gasteiger partial charge in [-0.25, -0.2) is 0 Å². The molecule has 0 fully saturated rings. The smallest absolute Gasteiger partial charge is 0.246 e. The Hall–Kier alpha value is -2.08. The molecular weight excluding hydrogens is 280 g/mol. The molecule has 118 valence electrons. The second-order valence-corrected chi connectivity index (χ2v) is 6.13. The van der Waals surface area contributed by atoms with Crippen LogP contribution in [0.25, 0.3) is 0 Å². The van der Waals surface area contributed by atoms with Crippen molar-refractivity contribution in [3.8, 4) is 0 Å². The molecule has 0 unspecified atom stereocenters. The maximum atomic E-state index is 12.4. The van der Waals surface area contributed by atoms with Gasteiger partial charge in [-0.3, -0.25) is 14.4 Å². The molecule has 3 heterocycles. The third-order valence-corrected chi connectivity index (χ3v) is 3.77. The SMILES string of the molecule is Cc1ccc(CN2Cc3ccnn3[C@H](C(=O)NC(C)C)C2)o1. The molecule has 1 atom stereocenters. The van der Waals surface area contributed by atoms with E-state index in [1.54, 1.807) is 6.20 Å². The fraction of sp³-hybridized carbons (Fsp3) is 0.500. The van der Waals surface area contributed by atoms with Gasteiger partial charge in [0.1, 0.15) is 17.6 Å². The predicted molar refractivity (Wildman–Crippen MR) is 82.1 cm³/mol. The van der Waals surface area contributed by atoms with Crippen molar-refractivity contribution in [2.75, 3.05) is 6.54 Å². The second kappa shape index (κ2) is 5.96. The number of carbonyl (C=O) groups is 1. The van der Waals surface area contributed by atoms with Crippen LogP contribution in [0.15, 0.2) is 28.8 Å². The zero-order valence-corrected chi connectivity index (χ0v) is 13.2. The third-order valence-electron chi connectivity index (χ3n) is 3.77. The highest BCUT2D eigenvalue weighted by molar-refractivity contribution is 5.80. The van der Waals surface area contributed by atoms with Crippen molar-refractivity contribution < 1.29 is 9.21 Å². The average Bonchev–Trinajstić information content (AvgIpc) is 3.06. The monoisotopic (exact) mass is 302 g/mol. The van der Waals surface area contributed by atoms with Crippen LogP contribution in [-0.4, -0.2) is 33.2 Å². The van der Waals surface area contributed by atoms with Crippen LogP contribution >= 0.6 is 0 Å². The second-order valence-electron chi connectivity index (χ2n) is 6.13. The number of amides is 1. The summed E-state index contributed by atoms with van der Waals surface area (Å²) in [6.45, 7) is 7.97. The lowest BCUT2D eigenvalue weighted by Crippen LogP contribution is -2.46. The molecule has 22 heavy (non-hydrogen) atoms. The molecule has 0 radical (unpaired) electrons. The van der Waals surface area contributed by atoms with Crippen LogP contribution in [0, 0.1) is 6.92 Å². The van der Waals surface area contributed by atoms with Crippen molar-refractivity contribution in [1.82, 2.24) is 20.0 Å².